The molecule has 106 valence electrons. The highest BCUT2D eigenvalue weighted by Crippen LogP contribution is 2.29. The average Bonchev–Trinajstić information content (AvgIpc) is 2.30. The fraction of sp³-hybridized carbons (Fsp3) is 0.933. The van der Waals surface area contributed by atoms with E-state index in [-0.39, 0.29) is 12.0 Å². The van der Waals surface area contributed by atoms with E-state index in [1.54, 1.807) is 0 Å². The third-order valence-electron chi connectivity index (χ3n) is 4.43. The first kappa shape index (κ1) is 15.5. The normalized spacial score (nSPS) is 30.3. The zero-order chi connectivity index (χ0) is 13.9. The fourth-order valence-corrected chi connectivity index (χ4v) is 2.93. The molecule has 18 heavy (non-hydrogen) atoms. The van der Waals surface area contributed by atoms with Gasteiger partial charge in [0, 0.05) is 25.0 Å². The second kappa shape index (κ2) is 6.55. The lowest BCUT2D eigenvalue weighted by Crippen LogP contribution is -2.44. The SMILES string of the molecule is CC(C)CC(C)N(C)C(=O)C1CCC(C)C(N)C1. The molecule has 0 saturated heterocycles. The summed E-state index contributed by atoms with van der Waals surface area (Å²) in [4.78, 5) is 14.4. The fourth-order valence-electron chi connectivity index (χ4n) is 2.93. The van der Waals surface area contributed by atoms with Crippen molar-refractivity contribution in [2.45, 2.75) is 65.5 Å². The van der Waals surface area contributed by atoms with E-state index in [2.05, 4.69) is 27.7 Å². The lowest BCUT2D eigenvalue weighted by molar-refractivity contribution is -0.137. The molecule has 0 heterocycles. The third-order valence-corrected chi connectivity index (χ3v) is 4.43. The van der Waals surface area contributed by atoms with Gasteiger partial charge < -0.3 is 10.6 Å². The standard InChI is InChI=1S/C15H30N2O/c1-10(2)8-12(4)17(5)15(18)13-7-6-11(3)14(16)9-13/h10-14H,6-9,16H2,1-5H3. The Labute approximate surface area is 112 Å². The summed E-state index contributed by atoms with van der Waals surface area (Å²) >= 11 is 0. The van der Waals surface area contributed by atoms with E-state index in [0.29, 0.717) is 23.8 Å². The molecular weight excluding hydrogens is 224 g/mol. The molecule has 2 N–H and O–H groups in total. The van der Waals surface area contributed by atoms with Gasteiger partial charge in [0.2, 0.25) is 5.91 Å². The first-order valence-corrected chi connectivity index (χ1v) is 7.35. The number of nitrogens with two attached hydrogens (primary N) is 1. The Morgan fingerprint density at radius 1 is 1.33 bits per heavy atom. The first-order valence-electron chi connectivity index (χ1n) is 7.35. The van der Waals surface area contributed by atoms with Crippen LogP contribution in [0.3, 0.4) is 0 Å². The Balaban J connectivity index is 2.53. The van der Waals surface area contributed by atoms with Gasteiger partial charge in [-0.2, -0.15) is 0 Å². The Morgan fingerprint density at radius 3 is 2.44 bits per heavy atom. The van der Waals surface area contributed by atoms with Gasteiger partial charge in [-0.1, -0.05) is 20.8 Å². The van der Waals surface area contributed by atoms with Crippen LogP contribution in [-0.4, -0.2) is 29.9 Å². The quantitative estimate of drug-likeness (QED) is 0.838. The van der Waals surface area contributed by atoms with Crippen LogP contribution in [0.25, 0.3) is 0 Å². The summed E-state index contributed by atoms with van der Waals surface area (Å²) in [5.41, 5.74) is 6.09. The van der Waals surface area contributed by atoms with Crippen LogP contribution < -0.4 is 5.73 Å². The van der Waals surface area contributed by atoms with Gasteiger partial charge in [0.25, 0.3) is 0 Å². The van der Waals surface area contributed by atoms with Crippen molar-refractivity contribution in [3.63, 3.8) is 0 Å². The van der Waals surface area contributed by atoms with Gasteiger partial charge in [-0.05, 0) is 44.4 Å². The Hall–Kier alpha value is -0.570. The predicted octanol–water partition coefficient (Wildman–Crippen LogP) is 2.64. The zero-order valence-corrected chi connectivity index (χ0v) is 12.6. The maximum atomic E-state index is 12.4. The summed E-state index contributed by atoms with van der Waals surface area (Å²) in [6.45, 7) is 8.74. The van der Waals surface area contributed by atoms with Gasteiger partial charge in [0.05, 0.1) is 0 Å². The molecule has 0 aliphatic heterocycles. The van der Waals surface area contributed by atoms with Crippen molar-refractivity contribution in [3.8, 4) is 0 Å². The summed E-state index contributed by atoms with van der Waals surface area (Å²) in [6, 6.07) is 0.523. The van der Waals surface area contributed by atoms with E-state index in [1.807, 2.05) is 11.9 Å². The van der Waals surface area contributed by atoms with Crippen molar-refractivity contribution < 1.29 is 4.79 Å². The predicted molar refractivity (Wildman–Crippen MR) is 76.2 cm³/mol. The highest BCUT2D eigenvalue weighted by Gasteiger charge is 2.32. The number of hydrogen-bond acceptors (Lipinski definition) is 2. The van der Waals surface area contributed by atoms with Crippen LogP contribution in [0.15, 0.2) is 0 Å². The van der Waals surface area contributed by atoms with Gasteiger partial charge in [0.1, 0.15) is 0 Å². The summed E-state index contributed by atoms with van der Waals surface area (Å²) in [5, 5.41) is 0. The van der Waals surface area contributed by atoms with Crippen molar-refractivity contribution in [3.05, 3.63) is 0 Å². The van der Waals surface area contributed by atoms with Crippen LogP contribution in [0.2, 0.25) is 0 Å². The van der Waals surface area contributed by atoms with Gasteiger partial charge in [0.15, 0.2) is 0 Å². The summed E-state index contributed by atoms with van der Waals surface area (Å²) in [5.74, 6) is 1.64. The van der Waals surface area contributed by atoms with Gasteiger partial charge in [-0.3, -0.25) is 4.79 Å². The Bertz CT molecular complexity index is 278. The van der Waals surface area contributed by atoms with Crippen LogP contribution in [0.4, 0.5) is 0 Å². The lowest BCUT2D eigenvalue weighted by atomic mass is 9.79. The minimum absolute atomic E-state index is 0.149. The number of rotatable bonds is 4. The second-order valence-electron chi connectivity index (χ2n) is 6.58. The van der Waals surface area contributed by atoms with E-state index in [4.69, 9.17) is 5.73 Å². The monoisotopic (exact) mass is 254 g/mol. The molecule has 0 aromatic heterocycles. The molecule has 0 bridgehead atoms. The topological polar surface area (TPSA) is 46.3 Å². The summed E-state index contributed by atoms with van der Waals surface area (Å²) < 4.78 is 0. The van der Waals surface area contributed by atoms with Crippen LogP contribution in [0.5, 0.6) is 0 Å². The van der Waals surface area contributed by atoms with Gasteiger partial charge >= 0.3 is 0 Å². The summed E-state index contributed by atoms with van der Waals surface area (Å²) in [6.07, 6.45) is 4.02. The van der Waals surface area contributed by atoms with Crippen molar-refractivity contribution in [2.24, 2.45) is 23.5 Å². The van der Waals surface area contributed by atoms with E-state index >= 15 is 0 Å². The third kappa shape index (κ3) is 3.98. The molecule has 1 amide bonds. The minimum Gasteiger partial charge on any atom is -0.343 e. The molecule has 0 spiro atoms. The van der Waals surface area contributed by atoms with E-state index in [0.717, 1.165) is 25.7 Å². The number of carbonyl (C=O) groups excluding carboxylic acids is 1. The van der Waals surface area contributed by atoms with Crippen molar-refractivity contribution in [1.29, 1.82) is 0 Å². The number of nitrogens with zero attached hydrogens (tertiary/aromatic N) is 1. The lowest BCUT2D eigenvalue weighted by Gasteiger charge is -2.35. The molecule has 4 atom stereocenters. The molecule has 1 rings (SSSR count). The highest BCUT2D eigenvalue weighted by atomic mass is 16.2. The van der Waals surface area contributed by atoms with Crippen molar-refractivity contribution in [2.75, 3.05) is 7.05 Å². The largest absolute Gasteiger partial charge is 0.343 e. The Kier molecular flexibility index (Phi) is 5.64. The van der Waals surface area contributed by atoms with E-state index in [9.17, 15) is 4.79 Å². The molecule has 1 aliphatic carbocycles. The van der Waals surface area contributed by atoms with Gasteiger partial charge in [-0.25, -0.2) is 0 Å². The highest BCUT2D eigenvalue weighted by molar-refractivity contribution is 5.79. The molecule has 0 aromatic rings. The maximum Gasteiger partial charge on any atom is 0.225 e. The van der Waals surface area contributed by atoms with E-state index < -0.39 is 0 Å². The number of hydrogen-bond donors (Lipinski definition) is 1. The van der Waals surface area contributed by atoms with Crippen LogP contribution in [-0.2, 0) is 4.79 Å². The van der Waals surface area contributed by atoms with Crippen molar-refractivity contribution in [1.82, 2.24) is 4.90 Å². The minimum atomic E-state index is 0.149. The molecule has 1 aliphatic rings. The molecule has 1 fully saturated rings. The van der Waals surface area contributed by atoms with Crippen LogP contribution in [0.1, 0.15) is 53.4 Å². The average molecular weight is 254 g/mol. The van der Waals surface area contributed by atoms with Crippen molar-refractivity contribution >= 4 is 5.91 Å². The molecule has 0 radical (unpaired) electrons. The number of carbonyl (C=O) groups is 1. The first-order chi connectivity index (χ1) is 8.32. The number of amides is 1. The van der Waals surface area contributed by atoms with E-state index in [1.165, 1.54) is 0 Å². The summed E-state index contributed by atoms with van der Waals surface area (Å²) in [7, 11) is 1.94. The van der Waals surface area contributed by atoms with Crippen LogP contribution >= 0.6 is 0 Å². The van der Waals surface area contributed by atoms with Crippen LogP contribution in [0, 0.1) is 17.8 Å². The zero-order valence-electron chi connectivity index (χ0n) is 12.6. The smallest absolute Gasteiger partial charge is 0.225 e. The molecule has 3 heteroatoms. The van der Waals surface area contributed by atoms with Gasteiger partial charge in [-0.15, -0.1) is 0 Å². The second-order valence-corrected chi connectivity index (χ2v) is 6.58. The Morgan fingerprint density at radius 2 is 1.94 bits per heavy atom. The molecule has 3 nitrogen and oxygen atoms in total. The molecular formula is C15H30N2O. The molecule has 1 saturated carbocycles. The molecule has 0 aromatic carbocycles. The maximum absolute atomic E-state index is 12.4. The molecule has 4 unspecified atom stereocenters.